The van der Waals surface area contributed by atoms with Crippen LogP contribution < -0.4 is 4.74 Å². The summed E-state index contributed by atoms with van der Waals surface area (Å²) < 4.78 is 47.8. The van der Waals surface area contributed by atoms with Crippen molar-refractivity contribution in [1.29, 1.82) is 0 Å². The Morgan fingerprint density at radius 1 is 1.24 bits per heavy atom. The largest absolute Gasteiger partial charge is 0.491 e. The first-order valence-corrected chi connectivity index (χ1v) is 11.6. The number of aliphatic hydroxyl groups is 1. The standard InChI is InChI=1S/C16H19F3O2.C10H18O2/c17-16(18,19)13-6-3-7-15(10-13)21-11-14(20)9-8-12-4-1-2-5-12;1-4-5-6-7-8-10(11)12-9(2)3/h3,6-10,12,14,20H,1-2,4-5,11H2;4-5,9H,6-8H2,1-3H3/b9-8+;5-4-. The highest BCUT2D eigenvalue weighted by Crippen LogP contribution is 2.31. The maximum absolute atomic E-state index is 12.5. The van der Waals surface area contributed by atoms with Gasteiger partial charge in [0.1, 0.15) is 18.5 Å². The number of aliphatic hydroxyl groups excluding tert-OH is 1. The summed E-state index contributed by atoms with van der Waals surface area (Å²) in [6.07, 6.45) is 9.60. The molecule has 0 radical (unpaired) electrons. The van der Waals surface area contributed by atoms with E-state index in [0.717, 1.165) is 37.8 Å². The first kappa shape index (κ1) is 28.8. The number of unbranched alkanes of at least 4 members (excludes halogenated alkanes) is 1. The molecule has 0 heterocycles. The molecule has 0 aromatic heterocycles. The summed E-state index contributed by atoms with van der Waals surface area (Å²) in [5.74, 6) is 0.529. The number of carbonyl (C=O) groups is 1. The second kappa shape index (κ2) is 15.5. The van der Waals surface area contributed by atoms with Gasteiger partial charge in [0.05, 0.1) is 11.7 Å². The van der Waals surface area contributed by atoms with Crippen LogP contribution in [0.25, 0.3) is 0 Å². The Labute approximate surface area is 195 Å². The van der Waals surface area contributed by atoms with E-state index in [9.17, 15) is 23.1 Å². The monoisotopic (exact) mass is 470 g/mol. The fourth-order valence-corrected chi connectivity index (χ4v) is 3.29. The minimum absolute atomic E-state index is 0.0132. The van der Waals surface area contributed by atoms with E-state index in [-0.39, 0.29) is 24.4 Å². The molecule has 0 spiro atoms. The zero-order valence-corrected chi connectivity index (χ0v) is 19.8. The van der Waals surface area contributed by atoms with Crippen LogP contribution in [0.5, 0.6) is 5.75 Å². The number of hydrogen-bond acceptors (Lipinski definition) is 4. The molecule has 7 heteroatoms. The number of allylic oxidation sites excluding steroid dienone is 3. The lowest BCUT2D eigenvalue weighted by Gasteiger charge is -2.12. The molecule has 1 saturated carbocycles. The van der Waals surface area contributed by atoms with Gasteiger partial charge in [-0.15, -0.1) is 0 Å². The van der Waals surface area contributed by atoms with Crippen molar-refractivity contribution in [2.24, 2.45) is 5.92 Å². The van der Waals surface area contributed by atoms with E-state index in [1.807, 2.05) is 32.9 Å². The van der Waals surface area contributed by atoms with Crippen molar-refractivity contribution >= 4 is 5.97 Å². The fourth-order valence-electron chi connectivity index (χ4n) is 3.29. The lowest BCUT2D eigenvalue weighted by atomic mass is 10.1. The molecular formula is C26H37F3O4. The van der Waals surface area contributed by atoms with Gasteiger partial charge in [-0.2, -0.15) is 13.2 Å². The number of benzene rings is 1. The molecule has 1 aliphatic rings. The van der Waals surface area contributed by atoms with Gasteiger partial charge in [0, 0.05) is 6.42 Å². The Bertz CT molecular complexity index is 735. The van der Waals surface area contributed by atoms with Crippen LogP contribution in [0.2, 0.25) is 0 Å². The van der Waals surface area contributed by atoms with Crippen LogP contribution in [-0.2, 0) is 15.7 Å². The van der Waals surface area contributed by atoms with E-state index in [0.29, 0.717) is 12.3 Å². The van der Waals surface area contributed by atoms with E-state index in [2.05, 4.69) is 6.08 Å². The molecule has 0 bridgehead atoms. The summed E-state index contributed by atoms with van der Waals surface area (Å²) in [5, 5.41) is 9.77. The van der Waals surface area contributed by atoms with Crippen LogP contribution in [-0.4, -0.2) is 29.9 Å². The number of esters is 1. The van der Waals surface area contributed by atoms with Crippen LogP contribution in [0.4, 0.5) is 13.2 Å². The van der Waals surface area contributed by atoms with Crippen molar-refractivity contribution in [2.45, 2.75) is 84.1 Å². The van der Waals surface area contributed by atoms with Gasteiger partial charge in [-0.3, -0.25) is 4.79 Å². The van der Waals surface area contributed by atoms with Crippen LogP contribution in [0.15, 0.2) is 48.6 Å². The highest BCUT2D eigenvalue weighted by atomic mass is 19.4. The minimum Gasteiger partial charge on any atom is -0.491 e. The zero-order chi connectivity index (χ0) is 24.7. The third-order valence-electron chi connectivity index (χ3n) is 4.94. The normalized spacial score (nSPS) is 15.6. The summed E-state index contributed by atoms with van der Waals surface area (Å²) >= 11 is 0. The molecule has 1 aromatic carbocycles. The lowest BCUT2D eigenvalue weighted by Crippen LogP contribution is -2.15. The number of halogens is 3. The average Bonchev–Trinajstić information content (AvgIpc) is 3.27. The molecule has 1 aliphatic carbocycles. The maximum Gasteiger partial charge on any atom is 0.416 e. The molecular weight excluding hydrogens is 433 g/mol. The molecule has 1 aromatic rings. The van der Waals surface area contributed by atoms with Crippen molar-refractivity contribution in [3.63, 3.8) is 0 Å². The third-order valence-corrected chi connectivity index (χ3v) is 4.94. The Kier molecular flexibility index (Phi) is 13.5. The van der Waals surface area contributed by atoms with Gasteiger partial charge in [-0.05, 0) is 70.6 Å². The van der Waals surface area contributed by atoms with E-state index in [1.165, 1.54) is 25.0 Å². The van der Waals surface area contributed by atoms with Crippen molar-refractivity contribution in [2.75, 3.05) is 6.61 Å². The molecule has 1 unspecified atom stereocenters. The van der Waals surface area contributed by atoms with E-state index >= 15 is 0 Å². The van der Waals surface area contributed by atoms with Crippen molar-refractivity contribution in [3.8, 4) is 5.75 Å². The van der Waals surface area contributed by atoms with Crippen LogP contribution >= 0.6 is 0 Å². The second-order valence-electron chi connectivity index (χ2n) is 8.33. The fraction of sp³-hybridized carbons (Fsp3) is 0.577. The van der Waals surface area contributed by atoms with Gasteiger partial charge in [0.25, 0.3) is 0 Å². The summed E-state index contributed by atoms with van der Waals surface area (Å²) in [7, 11) is 0. The van der Waals surface area contributed by atoms with Gasteiger partial charge >= 0.3 is 12.1 Å². The highest BCUT2D eigenvalue weighted by Gasteiger charge is 2.30. The Morgan fingerprint density at radius 3 is 2.55 bits per heavy atom. The molecule has 186 valence electrons. The zero-order valence-electron chi connectivity index (χ0n) is 19.8. The van der Waals surface area contributed by atoms with Crippen molar-refractivity contribution in [1.82, 2.24) is 0 Å². The third kappa shape index (κ3) is 13.8. The molecule has 4 nitrogen and oxygen atoms in total. The number of carbonyl (C=O) groups excluding carboxylic acids is 1. The maximum atomic E-state index is 12.5. The first-order valence-electron chi connectivity index (χ1n) is 11.6. The average molecular weight is 471 g/mol. The predicted molar refractivity (Wildman–Crippen MR) is 124 cm³/mol. The lowest BCUT2D eigenvalue weighted by molar-refractivity contribution is -0.147. The SMILES string of the molecule is C/C=C\CCCC(=O)OC(C)C.OC(/C=C/C1CCCC1)COc1cccc(C(F)(F)F)c1. The molecule has 33 heavy (non-hydrogen) atoms. The predicted octanol–water partition coefficient (Wildman–Crippen LogP) is 6.88. The quantitative estimate of drug-likeness (QED) is 0.230. The van der Waals surface area contributed by atoms with Gasteiger partial charge in [-0.1, -0.05) is 43.2 Å². The molecule has 2 rings (SSSR count). The van der Waals surface area contributed by atoms with E-state index in [1.54, 1.807) is 6.08 Å². The number of hydrogen-bond donors (Lipinski definition) is 1. The summed E-state index contributed by atoms with van der Waals surface area (Å²) in [6.45, 7) is 5.66. The molecule has 0 saturated heterocycles. The van der Waals surface area contributed by atoms with Crippen LogP contribution in [0, 0.1) is 5.92 Å². The molecule has 1 N–H and O–H groups in total. The Morgan fingerprint density at radius 2 is 1.94 bits per heavy atom. The van der Waals surface area contributed by atoms with Gasteiger partial charge in [0.2, 0.25) is 0 Å². The van der Waals surface area contributed by atoms with Crippen LogP contribution in [0.1, 0.15) is 71.3 Å². The summed E-state index contributed by atoms with van der Waals surface area (Å²) in [5.41, 5.74) is -0.754. The molecule has 1 atom stereocenters. The van der Waals surface area contributed by atoms with Crippen molar-refractivity contribution < 1.29 is 32.5 Å². The summed E-state index contributed by atoms with van der Waals surface area (Å²) in [6, 6.07) is 4.66. The topological polar surface area (TPSA) is 55.8 Å². The van der Waals surface area contributed by atoms with Crippen LogP contribution in [0.3, 0.4) is 0 Å². The number of alkyl halides is 3. The molecule has 0 aliphatic heterocycles. The Balaban J connectivity index is 0.000000389. The number of ether oxygens (including phenoxy) is 2. The highest BCUT2D eigenvalue weighted by molar-refractivity contribution is 5.69. The first-order chi connectivity index (χ1) is 15.6. The smallest absolute Gasteiger partial charge is 0.416 e. The molecule has 0 amide bonds. The van der Waals surface area contributed by atoms with Gasteiger partial charge in [-0.25, -0.2) is 0 Å². The molecule has 1 fully saturated rings. The van der Waals surface area contributed by atoms with Gasteiger partial charge < -0.3 is 14.6 Å². The minimum atomic E-state index is -4.39. The summed E-state index contributed by atoms with van der Waals surface area (Å²) in [4.78, 5) is 11.0. The Hall–Kier alpha value is -2.28. The number of rotatable bonds is 10. The van der Waals surface area contributed by atoms with Crippen molar-refractivity contribution in [3.05, 3.63) is 54.1 Å². The van der Waals surface area contributed by atoms with E-state index < -0.39 is 17.8 Å². The van der Waals surface area contributed by atoms with E-state index in [4.69, 9.17) is 9.47 Å². The second-order valence-corrected chi connectivity index (χ2v) is 8.33. The van der Waals surface area contributed by atoms with Gasteiger partial charge in [0.15, 0.2) is 0 Å².